The molecule has 0 saturated carbocycles. The van der Waals surface area contributed by atoms with Crippen LogP contribution in [0.3, 0.4) is 0 Å². The van der Waals surface area contributed by atoms with Gasteiger partial charge in [-0.15, -0.1) is 0 Å². The molecule has 90 valence electrons. The van der Waals surface area contributed by atoms with E-state index in [1.165, 1.54) is 0 Å². The Balaban J connectivity index is 2.18. The molecule has 1 N–H and O–H groups in total. The van der Waals surface area contributed by atoms with Crippen LogP contribution in [0.25, 0.3) is 0 Å². The second kappa shape index (κ2) is 4.90. The van der Waals surface area contributed by atoms with Gasteiger partial charge in [-0.1, -0.05) is 12.1 Å². The first kappa shape index (κ1) is 12.1. The van der Waals surface area contributed by atoms with Gasteiger partial charge in [0.1, 0.15) is 5.75 Å². The second-order valence-electron chi connectivity index (χ2n) is 4.31. The standard InChI is InChI=1S/C14H16O2S/c1-14(15,9-11-7-8-17-10-11)12-3-5-13(16-2)6-4-12/h3-8,10,15H,9H2,1-2H3. The summed E-state index contributed by atoms with van der Waals surface area (Å²) in [5.74, 6) is 0.806. The van der Waals surface area contributed by atoms with Crippen molar-refractivity contribution in [2.45, 2.75) is 18.9 Å². The minimum absolute atomic E-state index is 0.628. The summed E-state index contributed by atoms with van der Waals surface area (Å²) in [5.41, 5.74) is 1.23. The molecule has 0 radical (unpaired) electrons. The third kappa shape index (κ3) is 2.87. The van der Waals surface area contributed by atoms with Gasteiger partial charge in [-0.25, -0.2) is 0 Å². The molecule has 1 atom stereocenters. The maximum Gasteiger partial charge on any atom is 0.118 e. The lowest BCUT2D eigenvalue weighted by Crippen LogP contribution is -2.23. The molecule has 0 aliphatic heterocycles. The van der Waals surface area contributed by atoms with Crippen molar-refractivity contribution in [3.05, 3.63) is 52.2 Å². The first-order valence-electron chi connectivity index (χ1n) is 5.50. The Labute approximate surface area is 105 Å². The molecule has 2 rings (SSSR count). The van der Waals surface area contributed by atoms with E-state index in [4.69, 9.17) is 4.74 Å². The van der Waals surface area contributed by atoms with Crippen LogP contribution < -0.4 is 4.74 Å². The van der Waals surface area contributed by atoms with E-state index in [0.717, 1.165) is 16.9 Å². The summed E-state index contributed by atoms with van der Waals surface area (Å²) in [6.07, 6.45) is 0.628. The van der Waals surface area contributed by atoms with Gasteiger partial charge in [-0.2, -0.15) is 11.3 Å². The Bertz CT molecular complexity index is 457. The molecule has 1 aromatic heterocycles. The highest BCUT2D eigenvalue weighted by Crippen LogP contribution is 2.27. The summed E-state index contributed by atoms with van der Waals surface area (Å²) < 4.78 is 5.11. The van der Waals surface area contributed by atoms with Crippen molar-refractivity contribution in [1.82, 2.24) is 0 Å². The molecular formula is C14H16O2S. The van der Waals surface area contributed by atoms with Crippen LogP contribution in [0.1, 0.15) is 18.1 Å². The number of thiophene rings is 1. The minimum atomic E-state index is -0.840. The van der Waals surface area contributed by atoms with Gasteiger partial charge in [-0.05, 0) is 47.0 Å². The van der Waals surface area contributed by atoms with E-state index in [1.54, 1.807) is 18.4 Å². The zero-order valence-corrected chi connectivity index (χ0v) is 10.8. The Kier molecular flexibility index (Phi) is 3.50. The lowest BCUT2D eigenvalue weighted by Gasteiger charge is -2.23. The molecule has 1 heterocycles. The monoisotopic (exact) mass is 248 g/mol. The van der Waals surface area contributed by atoms with Crippen LogP contribution in [0.5, 0.6) is 5.75 Å². The number of ether oxygens (including phenoxy) is 1. The van der Waals surface area contributed by atoms with Crippen LogP contribution in [0, 0.1) is 0 Å². The molecule has 17 heavy (non-hydrogen) atoms. The largest absolute Gasteiger partial charge is 0.497 e. The van der Waals surface area contributed by atoms with Gasteiger partial charge in [-0.3, -0.25) is 0 Å². The number of hydrogen-bond donors (Lipinski definition) is 1. The first-order valence-corrected chi connectivity index (χ1v) is 6.44. The quantitative estimate of drug-likeness (QED) is 0.900. The second-order valence-corrected chi connectivity index (χ2v) is 5.09. The lowest BCUT2D eigenvalue weighted by atomic mass is 9.90. The zero-order chi connectivity index (χ0) is 12.3. The maximum atomic E-state index is 10.5. The highest BCUT2D eigenvalue weighted by molar-refractivity contribution is 7.07. The van der Waals surface area contributed by atoms with Crippen molar-refractivity contribution in [2.24, 2.45) is 0 Å². The number of benzene rings is 1. The lowest BCUT2D eigenvalue weighted by molar-refractivity contribution is 0.0577. The molecule has 0 aliphatic rings. The van der Waals surface area contributed by atoms with Gasteiger partial charge >= 0.3 is 0 Å². The van der Waals surface area contributed by atoms with E-state index in [-0.39, 0.29) is 0 Å². The minimum Gasteiger partial charge on any atom is -0.497 e. The molecular weight excluding hydrogens is 232 g/mol. The van der Waals surface area contributed by atoms with E-state index in [9.17, 15) is 5.11 Å². The molecule has 0 spiro atoms. The average Bonchev–Trinajstić information content (AvgIpc) is 2.81. The van der Waals surface area contributed by atoms with Gasteiger partial charge in [0.05, 0.1) is 12.7 Å². The SMILES string of the molecule is COc1ccc(C(C)(O)Cc2ccsc2)cc1. The van der Waals surface area contributed by atoms with Crippen molar-refractivity contribution in [1.29, 1.82) is 0 Å². The van der Waals surface area contributed by atoms with Crippen LogP contribution in [0.15, 0.2) is 41.1 Å². The summed E-state index contributed by atoms with van der Waals surface area (Å²) in [6, 6.07) is 9.61. The van der Waals surface area contributed by atoms with E-state index in [2.05, 4.69) is 5.38 Å². The van der Waals surface area contributed by atoms with Crippen molar-refractivity contribution in [3.8, 4) is 5.75 Å². The highest BCUT2D eigenvalue weighted by Gasteiger charge is 2.23. The third-order valence-corrected chi connectivity index (χ3v) is 3.57. The molecule has 0 saturated heterocycles. The smallest absolute Gasteiger partial charge is 0.118 e. The van der Waals surface area contributed by atoms with E-state index in [1.807, 2.05) is 42.6 Å². The fourth-order valence-electron chi connectivity index (χ4n) is 1.84. The van der Waals surface area contributed by atoms with Crippen molar-refractivity contribution in [2.75, 3.05) is 7.11 Å². The van der Waals surface area contributed by atoms with Gasteiger partial charge in [0.15, 0.2) is 0 Å². The Morgan fingerprint density at radius 2 is 1.94 bits per heavy atom. The van der Waals surface area contributed by atoms with E-state index < -0.39 is 5.60 Å². The molecule has 1 aromatic carbocycles. The topological polar surface area (TPSA) is 29.5 Å². The van der Waals surface area contributed by atoms with E-state index >= 15 is 0 Å². The van der Waals surface area contributed by atoms with Crippen LogP contribution >= 0.6 is 11.3 Å². The fourth-order valence-corrected chi connectivity index (χ4v) is 2.51. The number of methoxy groups -OCH3 is 1. The summed E-state index contributed by atoms with van der Waals surface area (Å²) >= 11 is 1.65. The average molecular weight is 248 g/mol. The van der Waals surface area contributed by atoms with Gasteiger partial charge in [0.2, 0.25) is 0 Å². The molecule has 0 amide bonds. The molecule has 3 heteroatoms. The Morgan fingerprint density at radius 1 is 1.24 bits per heavy atom. The molecule has 2 nitrogen and oxygen atoms in total. The summed E-state index contributed by atoms with van der Waals surface area (Å²) in [4.78, 5) is 0. The van der Waals surface area contributed by atoms with Gasteiger partial charge in [0, 0.05) is 6.42 Å². The van der Waals surface area contributed by atoms with Crippen LogP contribution in [-0.2, 0) is 12.0 Å². The molecule has 2 aromatic rings. The fraction of sp³-hybridized carbons (Fsp3) is 0.286. The molecule has 1 unspecified atom stereocenters. The van der Waals surface area contributed by atoms with Crippen molar-refractivity contribution in [3.63, 3.8) is 0 Å². The molecule has 0 bridgehead atoms. The molecule has 0 aliphatic carbocycles. The van der Waals surface area contributed by atoms with Crippen molar-refractivity contribution < 1.29 is 9.84 Å². The van der Waals surface area contributed by atoms with Crippen LogP contribution in [0.2, 0.25) is 0 Å². The van der Waals surface area contributed by atoms with E-state index in [0.29, 0.717) is 6.42 Å². The summed E-state index contributed by atoms with van der Waals surface area (Å²) in [7, 11) is 1.64. The van der Waals surface area contributed by atoms with Crippen LogP contribution in [0.4, 0.5) is 0 Å². The maximum absolute atomic E-state index is 10.5. The first-order chi connectivity index (χ1) is 8.12. The third-order valence-electron chi connectivity index (χ3n) is 2.84. The van der Waals surface area contributed by atoms with Gasteiger partial charge in [0.25, 0.3) is 0 Å². The summed E-state index contributed by atoms with van der Waals surface area (Å²) in [6.45, 7) is 1.84. The predicted octanol–water partition coefficient (Wildman–Crippen LogP) is 3.21. The predicted molar refractivity (Wildman–Crippen MR) is 70.6 cm³/mol. The highest BCUT2D eigenvalue weighted by atomic mass is 32.1. The summed E-state index contributed by atoms with van der Waals surface area (Å²) in [5, 5.41) is 14.6. The van der Waals surface area contributed by atoms with Crippen molar-refractivity contribution >= 4 is 11.3 Å². The molecule has 0 fully saturated rings. The Hall–Kier alpha value is -1.32. The zero-order valence-electron chi connectivity index (χ0n) is 10.0. The number of aliphatic hydroxyl groups is 1. The van der Waals surface area contributed by atoms with Gasteiger partial charge < -0.3 is 9.84 Å². The number of rotatable bonds is 4. The number of hydrogen-bond acceptors (Lipinski definition) is 3. The normalized spacial score (nSPS) is 14.3. The Morgan fingerprint density at radius 3 is 2.47 bits per heavy atom. The van der Waals surface area contributed by atoms with Crippen LogP contribution in [-0.4, -0.2) is 12.2 Å².